The number of aromatic nitrogens is 5. The van der Waals surface area contributed by atoms with Gasteiger partial charge in [0.1, 0.15) is 11.7 Å². The number of hydrogen-bond donors (Lipinski definition) is 4. The molecule has 1 aromatic carbocycles. The SMILES string of the molecule is O=C(CN1C[C@H](F)C[C@H]1CO)Nc1ccc(Sc2nc(Nc3cc(C4CC4)[nH]n3)c3cccn3n2)cc1. The monoisotopic (exact) mass is 522 g/mol. The summed E-state index contributed by atoms with van der Waals surface area (Å²) >= 11 is 1.41. The van der Waals surface area contributed by atoms with Crippen molar-refractivity contribution in [3.05, 3.63) is 54.4 Å². The molecule has 2 aliphatic rings. The number of carbonyl (C=O) groups is 1. The number of fused-ring (bicyclic) bond motifs is 1. The van der Waals surface area contributed by atoms with E-state index in [1.165, 1.54) is 24.6 Å². The molecule has 2 atom stereocenters. The minimum absolute atomic E-state index is 0.0425. The van der Waals surface area contributed by atoms with Crippen molar-refractivity contribution in [1.29, 1.82) is 0 Å². The Morgan fingerprint density at radius 1 is 1.24 bits per heavy atom. The van der Waals surface area contributed by atoms with E-state index in [9.17, 15) is 14.3 Å². The highest BCUT2D eigenvalue weighted by atomic mass is 32.2. The summed E-state index contributed by atoms with van der Waals surface area (Å²) in [5, 5.41) is 28.2. The van der Waals surface area contributed by atoms with Crippen LogP contribution in [0.1, 0.15) is 30.9 Å². The first-order valence-corrected chi connectivity index (χ1v) is 13.1. The number of aromatic amines is 1. The van der Waals surface area contributed by atoms with Gasteiger partial charge in [0, 0.05) is 47.0 Å². The van der Waals surface area contributed by atoms with Gasteiger partial charge in [-0.3, -0.25) is 14.8 Å². The Hall–Kier alpha value is -3.48. The second-order valence-corrected chi connectivity index (χ2v) is 10.5. The average Bonchev–Trinajstić information content (AvgIpc) is 3.26. The molecule has 2 fully saturated rings. The van der Waals surface area contributed by atoms with Crippen LogP contribution in [0.5, 0.6) is 0 Å². The fraction of sp³-hybridized carbons (Fsp3) is 0.360. The fourth-order valence-electron chi connectivity index (χ4n) is 4.58. The molecule has 37 heavy (non-hydrogen) atoms. The summed E-state index contributed by atoms with van der Waals surface area (Å²) < 4.78 is 15.4. The molecule has 1 amide bonds. The van der Waals surface area contributed by atoms with Crippen molar-refractivity contribution in [2.45, 2.75) is 47.4 Å². The van der Waals surface area contributed by atoms with Crippen molar-refractivity contribution in [3.63, 3.8) is 0 Å². The smallest absolute Gasteiger partial charge is 0.238 e. The van der Waals surface area contributed by atoms with Crippen molar-refractivity contribution in [1.82, 2.24) is 29.7 Å². The molecule has 0 radical (unpaired) electrons. The van der Waals surface area contributed by atoms with Gasteiger partial charge in [-0.2, -0.15) is 5.10 Å². The first-order valence-electron chi connectivity index (χ1n) is 12.3. The van der Waals surface area contributed by atoms with Gasteiger partial charge < -0.3 is 15.7 Å². The first-order chi connectivity index (χ1) is 18.0. The number of nitrogens with one attached hydrogen (secondary N) is 3. The van der Waals surface area contributed by atoms with Crippen molar-refractivity contribution in [2.75, 3.05) is 30.3 Å². The summed E-state index contributed by atoms with van der Waals surface area (Å²) in [7, 11) is 0. The standard InChI is InChI=1S/C25H27FN8O2S/c26-16-10-18(14-35)33(12-16)13-23(36)27-17-5-7-19(8-6-17)37-25-29-24(21-2-1-9-34(21)32-25)28-22-11-20(30-31-22)15-3-4-15/h1-2,5-9,11,15-16,18,35H,3-4,10,12-14H2,(H,27,36)(H2,28,29,30,31,32)/t16-,18+/m1/s1. The lowest BCUT2D eigenvalue weighted by molar-refractivity contribution is -0.117. The molecule has 0 bridgehead atoms. The van der Waals surface area contributed by atoms with Crippen LogP contribution in [0.25, 0.3) is 5.52 Å². The van der Waals surface area contributed by atoms with Gasteiger partial charge in [-0.05, 0) is 67.4 Å². The third kappa shape index (κ3) is 5.45. The number of benzene rings is 1. The van der Waals surface area contributed by atoms with Crippen LogP contribution < -0.4 is 10.6 Å². The Labute approximate surface area is 216 Å². The molecular weight excluding hydrogens is 495 g/mol. The Balaban J connectivity index is 1.11. The number of anilines is 3. The molecule has 4 N–H and O–H groups in total. The molecule has 1 saturated carbocycles. The number of nitrogens with zero attached hydrogens (tertiary/aromatic N) is 5. The van der Waals surface area contributed by atoms with Gasteiger partial charge in [0.25, 0.3) is 0 Å². The number of halogens is 1. The van der Waals surface area contributed by atoms with Crippen LogP contribution in [-0.4, -0.2) is 72.6 Å². The maximum Gasteiger partial charge on any atom is 0.238 e. The first kappa shape index (κ1) is 23.9. The van der Waals surface area contributed by atoms with E-state index in [0.717, 1.165) is 21.9 Å². The van der Waals surface area contributed by atoms with Gasteiger partial charge >= 0.3 is 0 Å². The number of amides is 1. The predicted octanol–water partition coefficient (Wildman–Crippen LogP) is 3.57. The van der Waals surface area contributed by atoms with E-state index in [1.807, 2.05) is 48.7 Å². The molecule has 0 spiro atoms. The molecule has 4 heterocycles. The zero-order valence-corrected chi connectivity index (χ0v) is 20.8. The Morgan fingerprint density at radius 3 is 2.86 bits per heavy atom. The Morgan fingerprint density at radius 2 is 2.08 bits per heavy atom. The topological polar surface area (TPSA) is 123 Å². The fourth-order valence-corrected chi connectivity index (χ4v) is 5.33. The second-order valence-electron chi connectivity index (χ2n) is 9.46. The van der Waals surface area contributed by atoms with Crippen molar-refractivity contribution < 1.29 is 14.3 Å². The molecule has 12 heteroatoms. The minimum atomic E-state index is -1.01. The number of rotatable bonds is 9. The number of aliphatic hydroxyl groups excluding tert-OH is 1. The van der Waals surface area contributed by atoms with Crippen molar-refractivity contribution >= 4 is 40.5 Å². The van der Waals surface area contributed by atoms with E-state index >= 15 is 0 Å². The van der Waals surface area contributed by atoms with E-state index in [1.54, 1.807) is 9.42 Å². The van der Waals surface area contributed by atoms with Gasteiger partial charge in [-0.1, -0.05) is 0 Å². The third-order valence-electron chi connectivity index (χ3n) is 6.61. The van der Waals surface area contributed by atoms with E-state index in [4.69, 9.17) is 4.98 Å². The molecule has 6 rings (SSSR count). The van der Waals surface area contributed by atoms with Gasteiger partial charge in [0.05, 0.1) is 13.2 Å². The van der Waals surface area contributed by atoms with Crippen LogP contribution in [0.3, 0.4) is 0 Å². The summed E-state index contributed by atoms with van der Waals surface area (Å²) in [5.41, 5.74) is 2.63. The number of likely N-dealkylation sites (tertiary alicyclic amines) is 1. The van der Waals surface area contributed by atoms with Crippen molar-refractivity contribution in [3.8, 4) is 0 Å². The third-order valence-corrected chi connectivity index (χ3v) is 7.48. The molecule has 1 aliphatic heterocycles. The van der Waals surface area contributed by atoms with Gasteiger partial charge in [-0.25, -0.2) is 13.9 Å². The summed E-state index contributed by atoms with van der Waals surface area (Å²) in [4.78, 5) is 19.8. The molecule has 0 unspecified atom stereocenters. The average molecular weight is 523 g/mol. The van der Waals surface area contributed by atoms with Crippen LogP contribution in [0.2, 0.25) is 0 Å². The minimum Gasteiger partial charge on any atom is -0.395 e. The molecule has 192 valence electrons. The van der Waals surface area contributed by atoms with Crippen LogP contribution in [0, 0.1) is 0 Å². The highest BCUT2D eigenvalue weighted by Gasteiger charge is 2.32. The van der Waals surface area contributed by atoms with Crippen LogP contribution >= 0.6 is 11.8 Å². The quantitative estimate of drug-likeness (QED) is 0.263. The van der Waals surface area contributed by atoms with Crippen molar-refractivity contribution in [2.24, 2.45) is 0 Å². The highest BCUT2D eigenvalue weighted by molar-refractivity contribution is 7.99. The number of carbonyl (C=O) groups excluding carboxylic acids is 1. The number of alkyl halides is 1. The summed E-state index contributed by atoms with van der Waals surface area (Å²) in [6.45, 7) is 0.0520. The lowest BCUT2D eigenvalue weighted by Crippen LogP contribution is -2.38. The maximum absolute atomic E-state index is 13.6. The number of hydrogen-bond acceptors (Lipinski definition) is 8. The van der Waals surface area contributed by atoms with Gasteiger partial charge in [0.15, 0.2) is 11.6 Å². The van der Waals surface area contributed by atoms with Crippen LogP contribution in [0.15, 0.2) is 58.7 Å². The lowest BCUT2D eigenvalue weighted by atomic mass is 10.2. The molecular formula is C25H27FN8O2S. The Kier molecular flexibility index (Phi) is 6.53. The predicted molar refractivity (Wildman–Crippen MR) is 138 cm³/mol. The van der Waals surface area contributed by atoms with E-state index in [2.05, 4.69) is 25.9 Å². The second kappa shape index (κ2) is 10.1. The zero-order chi connectivity index (χ0) is 25.4. The number of aliphatic hydroxyl groups is 1. The van der Waals surface area contributed by atoms with Crippen LogP contribution in [0.4, 0.5) is 21.7 Å². The summed E-state index contributed by atoms with van der Waals surface area (Å²) in [5.74, 6) is 1.73. The van der Waals surface area contributed by atoms with E-state index in [0.29, 0.717) is 22.6 Å². The van der Waals surface area contributed by atoms with E-state index < -0.39 is 6.17 Å². The highest BCUT2D eigenvalue weighted by Crippen LogP contribution is 2.40. The summed E-state index contributed by atoms with van der Waals surface area (Å²) in [6, 6.07) is 13.0. The van der Waals surface area contributed by atoms with E-state index in [-0.39, 0.29) is 38.1 Å². The van der Waals surface area contributed by atoms with Gasteiger partial charge in [-0.15, -0.1) is 5.10 Å². The molecule has 10 nitrogen and oxygen atoms in total. The number of H-pyrrole nitrogens is 1. The maximum atomic E-state index is 13.6. The van der Waals surface area contributed by atoms with Crippen LogP contribution in [-0.2, 0) is 4.79 Å². The normalized spacial score (nSPS) is 19.9. The summed E-state index contributed by atoms with van der Waals surface area (Å²) in [6.07, 6.45) is 3.52. The molecule has 1 aliphatic carbocycles. The molecule has 1 saturated heterocycles. The zero-order valence-electron chi connectivity index (χ0n) is 20.0. The molecule has 4 aromatic rings. The molecule has 3 aromatic heterocycles. The van der Waals surface area contributed by atoms with Gasteiger partial charge in [0.2, 0.25) is 11.1 Å². The Bertz CT molecular complexity index is 1400. The largest absolute Gasteiger partial charge is 0.395 e. The lowest BCUT2D eigenvalue weighted by Gasteiger charge is -2.21.